The van der Waals surface area contributed by atoms with Crippen molar-refractivity contribution < 1.29 is 18.3 Å². The molecule has 3 rings (SSSR count). The van der Waals surface area contributed by atoms with E-state index >= 15 is 0 Å². The molecule has 0 saturated heterocycles. The maximum Gasteiger partial charge on any atom is 0.236 e. The van der Waals surface area contributed by atoms with Gasteiger partial charge in [-0.05, 0) is 43.3 Å². The summed E-state index contributed by atoms with van der Waals surface area (Å²) in [6.07, 6.45) is 0. The van der Waals surface area contributed by atoms with Gasteiger partial charge in [-0.15, -0.1) is 0 Å². The molecule has 2 aromatic carbocycles. The molecular weight excluding hydrogens is 337 g/mol. The van der Waals surface area contributed by atoms with Crippen LogP contribution in [-0.4, -0.2) is 11.6 Å². The lowest BCUT2D eigenvalue weighted by Gasteiger charge is -2.06. The molecule has 0 atom stereocenters. The van der Waals surface area contributed by atoms with Crippen molar-refractivity contribution in [2.24, 2.45) is 0 Å². The summed E-state index contributed by atoms with van der Waals surface area (Å²) >= 11 is 0. The Hall–Kier alpha value is -3.53. The summed E-state index contributed by atoms with van der Waals surface area (Å²) < 4.78 is 29.8. The number of anilines is 2. The van der Waals surface area contributed by atoms with Crippen LogP contribution in [-0.2, 0) is 6.61 Å². The zero-order valence-electron chi connectivity index (χ0n) is 14.0. The topological polar surface area (TPSA) is 80.3 Å². The highest BCUT2D eigenvalue weighted by Crippen LogP contribution is 2.25. The van der Waals surface area contributed by atoms with E-state index in [4.69, 9.17) is 13.9 Å². The van der Waals surface area contributed by atoms with E-state index in [-0.39, 0.29) is 29.8 Å². The van der Waals surface area contributed by atoms with Gasteiger partial charge >= 0.3 is 0 Å². The van der Waals surface area contributed by atoms with Gasteiger partial charge in [-0.25, -0.2) is 4.39 Å². The number of hydrogen-bond acceptors (Lipinski definition) is 6. The highest BCUT2D eigenvalue weighted by Gasteiger charge is 2.14. The summed E-state index contributed by atoms with van der Waals surface area (Å²) in [5, 5.41) is 12.2. The van der Waals surface area contributed by atoms with Crippen molar-refractivity contribution >= 4 is 11.6 Å². The van der Waals surface area contributed by atoms with E-state index < -0.39 is 5.82 Å². The van der Waals surface area contributed by atoms with Crippen molar-refractivity contribution in [1.29, 1.82) is 5.26 Å². The van der Waals surface area contributed by atoms with Crippen molar-refractivity contribution in [3.05, 3.63) is 65.9 Å². The molecule has 26 heavy (non-hydrogen) atoms. The van der Waals surface area contributed by atoms with Crippen LogP contribution in [0.2, 0.25) is 0 Å². The van der Waals surface area contributed by atoms with E-state index in [1.54, 1.807) is 36.4 Å². The van der Waals surface area contributed by atoms with Gasteiger partial charge in [0.25, 0.3) is 0 Å². The summed E-state index contributed by atoms with van der Waals surface area (Å²) in [6, 6.07) is 15.2. The summed E-state index contributed by atoms with van der Waals surface area (Å²) in [5.74, 6) is 0.717. The number of hydrogen-bond donors (Lipinski definition) is 1. The van der Waals surface area contributed by atoms with E-state index in [9.17, 15) is 9.65 Å². The number of nitriles is 1. The Bertz CT molecular complexity index is 917. The van der Waals surface area contributed by atoms with Crippen LogP contribution < -0.4 is 14.8 Å². The average molecular weight is 353 g/mol. The van der Waals surface area contributed by atoms with Crippen molar-refractivity contribution in [1.82, 2.24) is 4.98 Å². The fourth-order valence-electron chi connectivity index (χ4n) is 2.22. The number of ether oxygens (including phenoxy) is 2. The minimum atomic E-state index is -0.479. The highest BCUT2D eigenvalue weighted by atomic mass is 19.1. The number of para-hydroxylation sites is 1. The van der Waals surface area contributed by atoms with E-state index in [0.29, 0.717) is 12.3 Å². The molecule has 7 heteroatoms. The van der Waals surface area contributed by atoms with Crippen molar-refractivity contribution in [3.63, 3.8) is 0 Å². The van der Waals surface area contributed by atoms with Gasteiger partial charge in [-0.2, -0.15) is 10.2 Å². The molecule has 0 radical (unpaired) electrons. The monoisotopic (exact) mass is 353 g/mol. The largest absolute Gasteiger partial charge is 0.494 e. The Kier molecular flexibility index (Phi) is 5.34. The van der Waals surface area contributed by atoms with Crippen LogP contribution in [0.1, 0.15) is 18.5 Å². The first kappa shape index (κ1) is 17.3. The molecule has 132 valence electrons. The molecule has 0 bridgehead atoms. The number of benzene rings is 2. The van der Waals surface area contributed by atoms with Crippen molar-refractivity contribution in [2.75, 3.05) is 11.9 Å². The Labute approximate surface area is 149 Å². The van der Waals surface area contributed by atoms with Crippen LogP contribution in [0.25, 0.3) is 0 Å². The standard InChI is InChI=1S/C19H16FN3O3/c1-2-24-14-9-7-13(8-10-14)22-19-16(11-21)23-18(26-19)12-25-17-6-4-3-5-15(17)20/h3-10,22H,2,12H2,1H3. The molecule has 0 aliphatic heterocycles. The molecule has 0 aliphatic rings. The first-order chi connectivity index (χ1) is 12.7. The highest BCUT2D eigenvalue weighted by molar-refractivity contribution is 5.60. The van der Waals surface area contributed by atoms with Crippen LogP contribution in [0.5, 0.6) is 11.5 Å². The number of halogens is 1. The van der Waals surface area contributed by atoms with E-state index in [1.807, 2.05) is 13.0 Å². The SMILES string of the molecule is CCOc1ccc(Nc2oc(COc3ccccc3F)nc2C#N)cc1. The van der Waals surface area contributed by atoms with Crippen LogP contribution in [0, 0.1) is 17.1 Å². The lowest BCUT2D eigenvalue weighted by Crippen LogP contribution is -1.97. The van der Waals surface area contributed by atoms with Crippen LogP contribution >= 0.6 is 0 Å². The lowest BCUT2D eigenvalue weighted by atomic mass is 10.3. The molecule has 0 spiro atoms. The van der Waals surface area contributed by atoms with Gasteiger partial charge < -0.3 is 19.2 Å². The molecular formula is C19H16FN3O3. The quantitative estimate of drug-likeness (QED) is 0.678. The Morgan fingerprint density at radius 2 is 1.92 bits per heavy atom. The molecule has 0 unspecified atom stereocenters. The summed E-state index contributed by atoms with van der Waals surface area (Å²) in [4.78, 5) is 4.05. The minimum absolute atomic E-state index is 0.0882. The molecule has 6 nitrogen and oxygen atoms in total. The number of aromatic nitrogens is 1. The number of nitrogens with zero attached hydrogens (tertiary/aromatic N) is 2. The van der Waals surface area contributed by atoms with Crippen molar-refractivity contribution in [2.45, 2.75) is 13.5 Å². The molecule has 3 aromatic rings. The Morgan fingerprint density at radius 1 is 1.15 bits per heavy atom. The smallest absolute Gasteiger partial charge is 0.236 e. The average Bonchev–Trinajstić information content (AvgIpc) is 3.05. The van der Waals surface area contributed by atoms with Gasteiger partial charge in [-0.3, -0.25) is 0 Å². The molecule has 0 fully saturated rings. The van der Waals surface area contributed by atoms with Crippen LogP contribution in [0.4, 0.5) is 16.0 Å². The molecule has 0 saturated carbocycles. The fourth-order valence-corrected chi connectivity index (χ4v) is 2.22. The first-order valence-corrected chi connectivity index (χ1v) is 7.96. The lowest BCUT2D eigenvalue weighted by molar-refractivity contribution is 0.254. The molecule has 1 N–H and O–H groups in total. The van der Waals surface area contributed by atoms with Crippen LogP contribution in [0.15, 0.2) is 52.9 Å². The van der Waals surface area contributed by atoms with Gasteiger partial charge in [0.05, 0.1) is 6.61 Å². The maximum absolute atomic E-state index is 13.6. The van der Waals surface area contributed by atoms with Crippen LogP contribution in [0.3, 0.4) is 0 Å². The van der Waals surface area contributed by atoms with Gasteiger partial charge in [0.15, 0.2) is 18.2 Å². The van der Waals surface area contributed by atoms with E-state index in [1.165, 1.54) is 12.1 Å². The van der Waals surface area contributed by atoms with Gasteiger partial charge in [0, 0.05) is 5.69 Å². The summed E-state index contributed by atoms with van der Waals surface area (Å²) in [5.41, 5.74) is 0.800. The third-order valence-corrected chi connectivity index (χ3v) is 3.39. The third kappa shape index (κ3) is 4.11. The second-order valence-electron chi connectivity index (χ2n) is 5.20. The van der Waals surface area contributed by atoms with Gasteiger partial charge in [-0.1, -0.05) is 12.1 Å². The molecule has 1 heterocycles. The summed E-state index contributed by atoms with van der Waals surface area (Å²) in [7, 11) is 0. The number of nitrogens with one attached hydrogen (secondary N) is 1. The van der Waals surface area contributed by atoms with E-state index in [2.05, 4.69) is 10.3 Å². The Balaban J connectivity index is 1.70. The molecule has 1 aromatic heterocycles. The zero-order valence-corrected chi connectivity index (χ0v) is 14.0. The van der Waals surface area contributed by atoms with Gasteiger partial charge in [0.1, 0.15) is 11.8 Å². The zero-order chi connectivity index (χ0) is 18.4. The first-order valence-electron chi connectivity index (χ1n) is 7.96. The number of rotatable bonds is 7. The third-order valence-electron chi connectivity index (χ3n) is 3.39. The molecule has 0 aliphatic carbocycles. The number of oxazole rings is 1. The normalized spacial score (nSPS) is 10.2. The Morgan fingerprint density at radius 3 is 2.62 bits per heavy atom. The summed E-state index contributed by atoms with van der Waals surface area (Å²) in [6.45, 7) is 2.39. The van der Waals surface area contributed by atoms with Gasteiger partial charge in [0.2, 0.25) is 17.5 Å². The predicted octanol–water partition coefficient (Wildman–Crippen LogP) is 4.41. The predicted molar refractivity (Wildman–Crippen MR) is 92.8 cm³/mol. The maximum atomic E-state index is 13.6. The second kappa shape index (κ2) is 8.03. The van der Waals surface area contributed by atoms with Crippen molar-refractivity contribution in [3.8, 4) is 17.6 Å². The second-order valence-corrected chi connectivity index (χ2v) is 5.20. The molecule has 0 amide bonds. The van der Waals surface area contributed by atoms with E-state index in [0.717, 1.165) is 5.75 Å². The fraction of sp³-hybridized carbons (Fsp3) is 0.158. The minimum Gasteiger partial charge on any atom is -0.494 e.